The van der Waals surface area contributed by atoms with E-state index in [-0.39, 0.29) is 17.6 Å². The van der Waals surface area contributed by atoms with Crippen molar-refractivity contribution >= 4 is 5.91 Å². The molecule has 1 amide bonds. The summed E-state index contributed by atoms with van der Waals surface area (Å²) in [4.78, 5) is 11.7. The lowest BCUT2D eigenvalue weighted by atomic mass is 10.0. The maximum Gasteiger partial charge on any atom is 0.220 e. The van der Waals surface area contributed by atoms with Crippen LogP contribution in [-0.4, -0.2) is 36.8 Å². The largest absolute Gasteiger partial charge is 0.391 e. The first-order chi connectivity index (χ1) is 9.56. The molecule has 2 rings (SSSR count). The predicted octanol–water partition coefficient (Wildman–Crippen LogP) is 0.763. The van der Waals surface area contributed by atoms with Crippen molar-refractivity contribution in [3.63, 3.8) is 0 Å². The molecule has 1 aliphatic rings. The van der Waals surface area contributed by atoms with E-state index in [1.54, 1.807) is 19.1 Å². The lowest BCUT2D eigenvalue weighted by Crippen LogP contribution is -2.30. The van der Waals surface area contributed by atoms with Crippen LogP contribution in [0.15, 0.2) is 18.2 Å². The van der Waals surface area contributed by atoms with Crippen LogP contribution in [0.1, 0.15) is 17.5 Å². The van der Waals surface area contributed by atoms with Gasteiger partial charge in [0.05, 0.1) is 6.10 Å². The zero-order valence-corrected chi connectivity index (χ0v) is 11.7. The minimum atomic E-state index is -0.430. The fourth-order valence-corrected chi connectivity index (χ4v) is 2.45. The quantitative estimate of drug-likeness (QED) is 0.746. The molecule has 0 radical (unpaired) electrons. The standard InChI is InChI=1S/C15H21FN2O2/c1-10-6-11(2-3-13(10)16)4-5-18-15(20)7-12-8-17-9-14(12)19/h2-3,6,12,14,17,19H,4-5,7-9H2,1H3,(H,18,20)/t12-,14-/m1/s1. The van der Waals surface area contributed by atoms with E-state index in [4.69, 9.17) is 0 Å². The summed E-state index contributed by atoms with van der Waals surface area (Å²) in [5.41, 5.74) is 1.63. The average Bonchev–Trinajstić information content (AvgIpc) is 2.79. The van der Waals surface area contributed by atoms with Gasteiger partial charge in [0.1, 0.15) is 5.82 Å². The summed E-state index contributed by atoms with van der Waals surface area (Å²) in [5, 5.41) is 15.5. The van der Waals surface area contributed by atoms with Crippen molar-refractivity contribution in [3.05, 3.63) is 35.1 Å². The summed E-state index contributed by atoms with van der Waals surface area (Å²) < 4.78 is 13.1. The number of benzene rings is 1. The highest BCUT2D eigenvalue weighted by Gasteiger charge is 2.26. The van der Waals surface area contributed by atoms with Crippen molar-refractivity contribution in [2.24, 2.45) is 5.92 Å². The third kappa shape index (κ3) is 4.02. The number of amides is 1. The summed E-state index contributed by atoms with van der Waals surface area (Å²) in [5.74, 6) is -0.250. The first-order valence-corrected chi connectivity index (χ1v) is 6.97. The van der Waals surface area contributed by atoms with E-state index in [0.29, 0.717) is 38.0 Å². The van der Waals surface area contributed by atoms with E-state index < -0.39 is 6.10 Å². The summed E-state index contributed by atoms with van der Waals surface area (Å²) in [6.45, 7) is 3.50. The van der Waals surface area contributed by atoms with E-state index in [9.17, 15) is 14.3 Å². The molecule has 2 atom stereocenters. The Balaban J connectivity index is 1.72. The van der Waals surface area contributed by atoms with Gasteiger partial charge in [-0.2, -0.15) is 0 Å². The molecular weight excluding hydrogens is 259 g/mol. The smallest absolute Gasteiger partial charge is 0.220 e. The molecule has 0 aliphatic carbocycles. The van der Waals surface area contributed by atoms with Crippen LogP contribution in [0.3, 0.4) is 0 Å². The third-order valence-corrected chi connectivity index (χ3v) is 3.71. The Bertz CT molecular complexity index is 479. The molecule has 1 heterocycles. The Kier molecular flexibility index (Phi) is 5.09. The number of carbonyl (C=O) groups is 1. The maximum atomic E-state index is 13.1. The molecule has 0 unspecified atom stereocenters. The van der Waals surface area contributed by atoms with Gasteiger partial charge < -0.3 is 15.7 Å². The van der Waals surface area contributed by atoms with Crippen molar-refractivity contribution in [3.8, 4) is 0 Å². The van der Waals surface area contributed by atoms with E-state index >= 15 is 0 Å². The minimum absolute atomic E-state index is 0.00284. The topological polar surface area (TPSA) is 61.4 Å². The van der Waals surface area contributed by atoms with E-state index in [1.807, 2.05) is 0 Å². The van der Waals surface area contributed by atoms with Crippen LogP contribution in [0, 0.1) is 18.7 Å². The molecule has 20 heavy (non-hydrogen) atoms. The van der Waals surface area contributed by atoms with Crippen LogP contribution in [0.4, 0.5) is 4.39 Å². The Morgan fingerprint density at radius 2 is 2.30 bits per heavy atom. The molecule has 0 spiro atoms. The van der Waals surface area contributed by atoms with Gasteiger partial charge in [-0.3, -0.25) is 4.79 Å². The molecule has 1 aromatic rings. The third-order valence-electron chi connectivity index (χ3n) is 3.71. The molecule has 0 saturated carbocycles. The highest BCUT2D eigenvalue weighted by atomic mass is 19.1. The molecular formula is C15H21FN2O2. The molecule has 0 aromatic heterocycles. The number of rotatable bonds is 5. The van der Waals surface area contributed by atoms with Gasteiger partial charge >= 0.3 is 0 Å². The second-order valence-electron chi connectivity index (χ2n) is 5.37. The van der Waals surface area contributed by atoms with Crippen LogP contribution in [0.2, 0.25) is 0 Å². The fraction of sp³-hybridized carbons (Fsp3) is 0.533. The van der Waals surface area contributed by atoms with Crippen LogP contribution in [0.5, 0.6) is 0 Å². The summed E-state index contributed by atoms with van der Waals surface area (Å²) in [6, 6.07) is 4.98. The van der Waals surface area contributed by atoms with Gasteiger partial charge in [-0.15, -0.1) is 0 Å². The number of nitrogens with one attached hydrogen (secondary N) is 2. The van der Waals surface area contributed by atoms with Crippen LogP contribution >= 0.6 is 0 Å². The van der Waals surface area contributed by atoms with E-state index in [0.717, 1.165) is 5.56 Å². The maximum absolute atomic E-state index is 13.1. The normalized spacial score (nSPS) is 21.9. The fourth-order valence-electron chi connectivity index (χ4n) is 2.45. The number of hydrogen-bond acceptors (Lipinski definition) is 3. The zero-order chi connectivity index (χ0) is 14.5. The minimum Gasteiger partial charge on any atom is -0.391 e. The lowest BCUT2D eigenvalue weighted by Gasteiger charge is -2.13. The molecule has 1 saturated heterocycles. The van der Waals surface area contributed by atoms with Crippen LogP contribution in [-0.2, 0) is 11.2 Å². The molecule has 1 aromatic carbocycles. The van der Waals surface area contributed by atoms with Crippen molar-refractivity contribution in [2.45, 2.75) is 25.9 Å². The first-order valence-electron chi connectivity index (χ1n) is 6.97. The number of hydrogen-bond donors (Lipinski definition) is 3. The number of β-amino-alcohol motifs (C(OH)–C–C–N with tert-alkyl or cyclic N) is 1. The number of halogens is 1. The molecule has 5 heteroatoms. The van der Waals surface area contributed by atoms with Crippen LogP contribution in [0.25, 0.3) is 0 Å². The first kappa shape index (κ1) is 14.9. The number of aliphatic hydroxyl groups excluding tert-OH is 1. The van der Waals surface area contributed by atoms with Crippen molar-refractivity contribution in [1.82, 2.24) is 10.6 Å². The van der Waals surface area contributed by atoms with Gasteiger partial charge in [0.15, 0.2) is 0 Å². The average molecular weight is 280 g/mol. The lowest BCUT2D eigenvalue weighted by molar-refractivity contribution is -0.122. The zero-order valence-electron chi connectivity index (χ0n) is 11.7. The predicted molar refractivity (Wildman–Crippen MR) is 74.8 cm³/mol. The monoisotopic (exact) mass is 280 g/mol. The second kappa shape index (κ2) is 6.81. The van der Waals surface area contributed by atoms with Gasteiger partial charge in [-0.05, 0) is 30.5 Å². The molecule has 1 fully saturated rings. The molecule has 1 aliphatic heterocycles. The van der Waals surface area contributed by atoms with Gasteiger partial charge in [-0.25, -0.2) is 4.39 Å². The van der Waals surface area contributed by atoms with E-state index in [2.05, 4.69) is 10.6 Å². The SMILES string of the molecule is Cc1cc(CCNC(=O)C[C@@H]2CNC[C@H]2O)ccc1F. The van der Waals surface area contributed by atoms with Gasteiger partial charge in [0.2, 0.25) is 5.91 Å². The summed E-state index contributed by atoms with van der Waals surface area (Å²) in [7, 11) is 0. The van der Waals surface area contributed by atoms with Crippen molar-refractivity contribution in [1.29, 1.82) is 0 Å². The van der Waals surface area contributed by atoms with Gasteiger partial charge in [0, 0.05) is 32.0 Å². The number of carbonyl (C=O) groups excluding carboxylic acids is 1. The van der Waals surface area contributed by atoms with Crippen molar-refractivity contribution < 1.29 is 14.3 Å². The van der Waals surface area contributed by atoms with Gasteiger partial charge in [0.25, 0.3) is 0 Å². The Morgan fingerprint density at radius 3 is 2.95 bits per heavy atom. The highest BCUT2D eigenvalue weighted by Crippen LogP contribution is 2.13. The number of aryl methyl sites for hydroxylation is 1. The highest BCUT2D eigenvalue weighted by molar-refractivity contribution is 5.76. The Morgan fingerprint density at radius 1 is 1.50 bits per heavy atom. The summed E-state index contributed by atoms with van der Waals surface area (Å²) >= 11 is 0. The molecule has 0 bridgehead atoms. The van der Waals surface area contributed by atoms with Crippen LogP contribution < -0.4 is 10.6 Å². The molecule has 3 N–H and O–H groups in total. The second-order valence-corrected chi connectivity index (χ2v) is 5.37. The van der Waals surface area contributed by atoms with Crippen molar-refractivity contribution in [2.75, 3.05) is 19.6 Å². The molecule has 4 nitrogen and oxygen atoms in total. The molecule has 110 valence electrons. The number of aliphatic hydroxyl groups is 1. The van der Waals surface area contributed by atoms with Gasteiger partial charge in [-0.1, -0.05) is 12.1 Å². The Labute approximate surface area is 118 Å². The van der Waals surface area contributed by atoms with E-state index in [1.165, 1.54) is 6.07 Å². The Hall–Kier alpha value is -1.46. The summed E-state index contributed by atoms with van der Waals surface area (Å²) in [6.07, 6.45) is 0.593.